The first-order valence-electron chi connectivity index (χ1n) is 7.27. The van der Waals surface area contributed by atoms with Gasteiger partial charge in [0.15, 0.2) is 5.78 Å². The first kappa shape index (κ1) is 17.2. The zero-order valence-corrected chi connectivity index (χ0v) is 13.2. The molecule has 0 spiro atoms. The van der Waals surface area contributed by atoms with Crippen LogP contribution in [0.25, 0.3) is 0 Å². The number of ketones is 1. The van der Waals surface area contributed by atoms with Gasteiger partial charge in [-0.05, 0) is 37.2 Å². The standard InChI is InChI=1S/C16H18ClN3O3/c17-13-4-2-12(3-5-13)15(21)10-14(16(22)23)19-6-1-8-20-9-7-18-11-20/h2-5,7,9,11,14,19H,1,6,8,10H2,(H,22,23). The van der Waals surface area contributed by atoms with Crippen molar-refractivity contribution < 1.29 is 14.7 Å². The number of hydrogen-bond donors (Lipinski definition) is 2. The number of nitrogens with one attached hydrogen (secondary N) is 1. The lowest BCUT2D eigenvalue weighted by Crippen LogP contribution is -2.39. The summed E-state index contributed by atoms with van der Waals surface area (Å²) in [5.74, 6) is -1.26. The fourth-order valence-electron chi connectivity index (χ4n) is 2.14. The highest BCUT2D eigenvalue weighted by Crippen LogP contribution is 2.12. The lowest BCUT2D eigenvalue weighted by molar-refractivity contribution is -0.139. The summed E-state index contributed by atoms with van der Waals surface area (Å²) < 4.78 is 1.91. The number of carbonyl (C=O) groups is 2. The Hall–Kier alpha value is -2.18. The molecule has 2 rings (SSSR count). The Morgan fingerprint density at radius 2 is 2.04 bits per heavy atom. The molecule has 0 aliphatic heterocycles. The van der Waals surface area contributed by atoms with Crippen LogP contribution in [0.2, 0.25) is 5.02 Å². The van der Waals surface area contributed by atoms with Crippen LogP contribution in [0.15, 0.2) is 43.0 Å². The summed E-state index contributed by atoms with van der Waals surface area (Å²) in [5.41, 5.74) is 0.459. The Morgan fingerprint density at radius 3 is 2.65 bits per heavy atom. The zero-order valence-electron chi connectivity index (χ0n) is 12.5. The maximum Gasteiger partial charge on any atom is 0.321 e. The predicted molar refractivity (Wildman–Crippen MR) is 86.7 cm³/mol. The number of aryl methyl sites for hydroxylation is 1. The van der Waals surface area contributed by atoms with E-state index in [1.54, 1.807) is 36.8 Å². The van der Waals surface area contributed by atoms with Gasteiger partial charge in [0.05, 0.1) is 6.33 Å². The van der Waals surface area contributed by atoms with E-state index in [1.807, 2.05) is 10.8 Å². The minimum Gasteiger partial charge on any atom is -0.480 e. The van der Waals surface area contributed by atoms with Gasteiger partial charge >= 0.3 is 5.97 Å². The third-order valence-corrected chi connectivity index (χ3v) is 3.65. The van der Waals surface area contributed by atoms with E-state index in [0.29, 0.717) is 17.1 Å². The lowest BCUT2D eigenvalue weighted by atomic mass is 10.0. The van der Waals surface area contributed by atoms with Gasteiger partial charge in [-0.25, -0.2) is 4.98 Å². The minimum atomic E-state index is -1.03. The fraction of sp³-hybridized carbons (Fsp3) is 0.312. The number of carbonyl (C=O) groups excluding carboxylic acids is 1. The minimum absolute atomic E-state index is 0.0952. The SMILES string of the molecule is O=C(CC(NCCCn1ccnc1)C(=O)O)c1ccc(Cl)cc1. The maximum absolute atomic E-state index is 12.1. The van der Waals surface area contributed by atoms with Crippen LogP contribution in [0.3, 0.4) is 0 Å². The van der Waals surface area contributed by atoms with Gasteiger partial charge in [0.25, 0.3) is 0 Å². The molecule has 0 saturated heterocycles. The number of carboxylic acids is 1. The molecule has 6 nitrogen and oxygen atoms in total. The van der Waals surface area contributed by atoms with E-state index in [2.05, 4.69) is 10.3 Å². The molecule has 0 aliphatic rings. The number of imidazole rings is 1. The van der Waals surface area contributed by atoms with Crippen LogP contribution in [-0.4, -0.2) is 39.0 Å². The average molecular weight is 336 g/mol. The van der Waals surface area contributed by atoms with Crippen molar-refractivity contribution in [2.75, 3.05) is 6.54 Å². The van der Waals surface area contributed by atoms with Crippen molar-refractivity contribution in [1.82, 2.24) is 14.9 Å². The number of rotatable bonds is 9. The monoisotopic (exact) mass is 335 g/mol. The average Bonchev–Trinajstić information content (AvgIpc) is 3.04. The number of nitrogens with zero attached hydrogens (tertiary/aromatic N) is 2. The van der Waals surface area contributed by atoms with Crippen LogP contribution in [0.1, 0.15) is 23.2 Å². The van der Waals surface area contributed by atoms with Crippen LogP contribution in [0.5, 0.6) is 0 Å². The number of halogens is 1. The molecule has 0 aliphatic carbocycles. The number of hydrogen-bond acceptors (Lipinski definition) is 4. The largest absolute Gasteiger partial charge is 0.480 e. The quantitative estimate of drug-likeness (QED) is 0.542. The number of aromatic nitrogens is 2. The van der Waals surface area contributed by atoms with Crippen molar-refractivity contribution in [3.63, 3.8) is 0 Å². The topological polar surface area (TPSA) is 84.2 Å². The number of benzene rings is 1. The van der Waals surface area contributed by atoms with Crippen molar-refractivity contribution in [3.05, 3.63) is 53.6 Å². The van der Waals surface area contributed by atoms with E-state index in [9.17, 15) is 14.7 Å². The highest BCUT2D eigenvalue weighted by atomic mass is 35.5. The molecule has 1 atom stereocenters. The van der Waals surface area contributed by atoms with Crippen molar-refractivity contribution in [1.29, 1.82) is 0 Å². The number of aliphatic carboxylic acids is 1. The molecule has 122 valence electrons. The van der Waals surface area contributed by atoms with Gasteiger partial charge in [0.1, 0.15) is 6.04 Å². The van der Waals surface area contributed by atoms with Gasteiger partial charge in [-0.3, -0.25) is 9.59 Å². The smallest absolute Gasteiger partial charge is 0.321 e. The number of Topliss-reactive ketones (excluding diaryl/α,β-unsaturated/α-hetero) is 1. The molecule has 0 radical (unpaired) electrons. The van der Waals surface area contributed by atoms with Crippen molar-refractivity contribution in [2.45, 2.75) is 25.4 Å². The van der Waals surface area contributed by atoms with E-state index >= 15 is 0 Å². The lowest BCUT2D eigenvalue weighted by Gasteiger charge is -2.14. The molecule has 7 heteroatoms. The summed E-state index contributed by atoms with van der Waals surface area (Å²) in [6.07, 6.45) is 5.90. The highest BCUT2D eigenvalue weighted by molar-refractivity contribution is 6.30. The van der Waals surface area contributed by atoms with Gasteiger partial charge in [-0.15, -0.1) is 0 Å². The van der Waals surface area contributed by atoms with Crippen LogP contribution in [0.4, 0.5) is 0 Å². The summed E-state index contributed by atoms with van der Waals surface area (Å²) in [6.45, 7) is 1.24. The third kappa shape index (κ3) is 5.50. The van der Waals surface area contributed by atoms with E-state index < -0.39 is 12.0 Å². The Balaban J connectivity index is 1.82. The van der Waals surface area contributed by atoms with Gasteiger partial charge in [0.2, 0.25) is 0 Å². The van der Waals surface area contributed by atoms with Crippen LogP contribution in [-0.2, 0) is 11.3 Å². The Morgan fingerprint density at radius 1 is 1.30 bits per heavy atom. The molecule has 1 aromatic heterocycles. The predicted octanol–water partition coefficient (Wildman–Crippen LogP) is 2.24. The normalized spacial score (nSPS) is 12.0. The highest BCUT2D eigenvalue weighted by Gasteiger charge is 2.21. The number of carboxylic acid groups (broad SMARTS) is 1. The van der Waals surface area contributed by atoms with E-state index in [0.717, 1.165) is 13.0 Å². The molecule has 1 aromatic carbocycles. The summed E-state index contributed by atoms with van der Waals surface area (Å²) in [7, 11) is 0. The van der Waals surface area contributed by atoms with Gasteiger partial charge < -0.3 is 15.0 Å². The van der Waals surface area contributed by atoms with Crippen molar-refractivity contribution in [3.8, 4) is 0 Å². The Bertz CT molecular complexity index is 641. The van der Waals surface area contributed by atoms with Gasteiger partial charge in [0, 0.05) is 35.9 Å². The molecule has 0 fully saturated rings. The van der Waals surface area contributed by atoms with Crippen molar-refractivity contribution >= 4 is 23.4 Å². The Kier molecular flexibility index (Phi) is 6.31. The molecule has 0 saturated carbocycles. The molecule has 2 aromatic rings. The van der Waals surface area contributed by atoms with Crippen LogP contribution >= 0.6 is 11.6 Å². The Labute approximate surface area is 139 Å². The molecule has 2 N–H and O–H groups in total. The zero-order chi connectivity index (χ0) is 16.7. The summed E-state index contributed by atoms with van der Waals surface area (Å²) in [5, 5.41) is 12.7. The van der Waals surface area contributed by atoms with Gasteiger partial charge in [-0.2, -0.15) is 0 Å². The molecule has 1 unspecified atom stereocenters. The molecule has 0 bridgehead atoms. The molecular weight excluding hydrogens is 318 g/mol. The van der Waals surface area contributed by atoms with Crippen LogP contribution in [0, 0.1) is 0 Å². The second-order valence-electron chi connectivity index (χ2n) is 5.13. The summed E-state index contributed by atoms with van der Waals surface area (Å²) in [6, 6.07) is 5.53. The first-order chi connectivity index (χ1) is 11.1. The first-order valence-corrected chi connectivity index (χ1v) is 7.65. The van der Waals surface area contributed by atoms with Crippen LogP contribution < -0.4 is 5.32 Å². The second kappa shape index (κ2) is 8.45. The van der Waals surface area contributed by atoms with Gasteiger partial charge in [-0.1, -0.05) is 11.6 Å². The molecular formula is C16H18ClN3O3. The van der Waals surface area contributed by atoms with E-state index in [4.69, 9.17) is 11.6 Å². The third-order valence-electron chi connectivity index (χ3n) is 3.40. The molecule has 1 heterocycles. The fourth-order valence-corrected chi connectivity index (χ4v) is 2.27. The van der Waals surface area contributed by atoms with Crippen molar-refractivity contribution in [2.24, 2.45) is 0 Å². The molecule has 0 amide bonds. The maximum atomic E-state index is 12.1. The van der Waals surface area contributed by atoms with E-state index in [1.165, 1.54) is 0 Å². The summed E-state index contributed by atoms with van der Waals surface area (Å²) in [4.78, 5) is 27.4. The molecule has 23 heavy (non-hydrogen) atoms. The summed E-state index contributed by atoms with van der Waals surface area (Å²) >= 11 is 5.78. The second-order valence-corrected chi connectivity index (χ2v) is 5.57. The van der Waals surface area contributed by atoms with E-state index in [-0.39, 0.29) is 12.2 Å².